The lowest BCUT2D eigenvalue weighted by Gasteiger charge is -2.34. The molecule has 1 fully saturated rings. The second kappa shape index (κ2) is 7.68. The Morgan fingerprint density at radius 2 is 2.00 bits per heavy atom. The molecule has 0 N–H and O–H groups in total. The maximum atomic E-state index is 13.0. The number of carbonyl (C=O) groups excluding carboxylic acids is 3. The molecule has 1 aromatic carbocycles. The summed E-state index contributed by atoms with van der Waals surface area (Å²) in [5, 5.41) is 0. The van der Waals surface area contributed by atoms with E-state index in [1.807, 2.05) is 0 Å². The zero-order valence-electron chi connectivity index (χ0n) is 16.7. The van der Waals surface area contributed by atoms with Crippen LogP contribution in [0.5, 0.6) is 5.75 Å². The van der Waals surface area contributed by atoms with Gasteiger partial charge in [-0.1, -0.05) is 0 Å². The molecule has 148 valence electrons. The molecule has 7 nitrogen and oxygen atoms in total. The minimum Gasteiger partial charge on any atom is -0.496 e. The first-order chi connectivity index (χ1) is 12.5. The highest BCUT2D eigenvalue weighted by molar-refractivity contribution is 5.90. The van der Waals surface area contributed by atoms with E-state index in [1.165, 1.54) is 12.0 Å². The van der Waals surface area contributed by atoms with Crippen molar-refractivity contribution in [2.45, 2.75) is 58.4 Å². The van der Waals surface area contributed by atoms with Crippen LogP contribution in [0.25, 0.3) is 0 Å². The summed E-state index contributed by atoms with van der Waals surface area (Å²) < 4.78 is 16.4. The molecule has 7 heteroatoms. The van der Waals surface area contributed by atoms with E-state index in [4.69, 9.17) is 14.2 Å². The lowest BCUT2D eigenvalue weighted by atomic mass is 10.0. The second-order valence-corrected chi connectivity index (χ2v) is 7.96. The summed E-state index contributed by atoms with van der Waals surface area (Å²) in [6, 6.07) is 4.10. The molecule has 0 spiro atoms. The van der Waals surface area contributed by atoms with E-state index < -0.39 is 23.5 Å². The number of rotatable bonds is 5. The molecule has 1 atom stereocenters. The zero-order valence-corrected chi connectivity index (χ0v) is 16.7. The molecule has 0 bridgehead atoms. The van der Waals surface area contributed by atoms with E-state index in [9.17, 15) is 14.4 Å². The number of methoxy groups -OCH3 is 1. The van der Waals surface area contributed by atoms with E-state index in [-0.39, 0.29) is 18.8 Å². The minimum atomic E-state index is -0.961. The third-order valence-corrected chi connectivity index (χ3v) is 4.25. The predicted molar refractivity (Wildman–Crippen MR) is 99.0 cm³/mol. The largest absolute Gasteiger partial charge is 0.496 e. The molecule has 27 heavy (non-hydrogen) atoms. The average Bonchev–Trinajstić information content (AvgIpc) is 2.88. The number of Topliss-reactive ketones (excluding diaryl/α,β-unsaturated/α-hetero) is 1. The van der Waals surface area contributed by atoms with Crippen molar-refractivity contribution >= 4 is 18.2 Å². The number of hydrogen-bond acceptors (Lipinski definition) is 6. The Labute approximate surface area is 159 Å². The van der Waals surface area contributed by atoms with Gasteiger partial charge in [-0.3, -0.25) is 14.5 Å². The minimum absolute atomic E-state index is 0.00819. The third kappa shape index (κ3) is 4.86. The maximum absolute atomic E-state index is 13.0. The van der Waals surface area contributed by atoms with Crippen molar-refractivity contribution in [3.63, 3.8) is 0 Å². The molecule has 0 aliphatic carbocycles. The Morgan fingerprint density at radius 1 is 1.33 bits per heavy atom. The van der Waals surface area contributed by atoms with Gasteiger partial charge in [0.25, 0.3) is 0 Å². The summed E-state index contributed by atoms with van der Waals surface area (Å²) in [5.41, 5.74) is -0.617. The van der Waals surface area contributed by atoms with Gasteiger partial charge in [0.15, 0.2) is 5.78 Å². The molecule has 0 saturated carbocycles. The van der Waals surface area contributed by atoms with Gasteiger partial charge in [-0.2, -0.15) is 0 Å². The van der Waals surface area contributed by atoms with Gasteiger partial charge in [-0.15, -0.1) is 0 Å². The lowest BCUT2D eigenvalue weighted by Crippen LogP contribution is -2.52. The summed E-state index contributed by atoms with van der Waals surface area (Å²) >= 11 is 0. The number of carbonyl (C=O) groups is 3. The smallest absolute Gasteiger partial charge is 0.413 e. The Kier molecular flexibility index (Phi) is 5.94. The van der Waals surface area contributed by atoms with Crippen molar-refractivity contribution in [3.05, 3.63) is 29.3 Å². The van der Waals surface area contributed by atoms with Gasteiger partial charge >= 0.3 is 6.09 Å². The fourth-order valence-corrected chi connectivity index (χ4v) is 3.01. The van der Waals surface area contributed by atoms with Gasteiger partial charge < -0.3 is 14.2 Å². The summed E-state index contributed by atoms with van der Waals surface area (Å²) in [6.45, 7) is 8.82. The Balaban J connectivity index is 2.26. The predicted octanol–water partition coefficient (Wildman–Crippen LogP) is 2.99. The van der Waals surface area contributed by atoms with Crippen molar-refractivity contribution < 1.29 is 28.6 Å². The van der Waals surface area contributed by atoms with Crippen LogP contribution < -0.4 is 4.74 Å². The van der Waals surface area contributed by atoms with Crippen LogP contribution >= 0.6 is 0 Å². The van der Waals surface area contributed by atoms with Crippen LogP contribution in [0.2, 0.25) is 0 Å². The molecule has 0 aromatic heterocycles. The first-order valence-corrected chi connectivity index (χ1v) is 8.79. The van der Waals surface area contributed by atoms with Crippen molar-refractivity contribution in [2.75, 3.05) is 13.7 Å². The summed E-state index contributed by atoms with van der Waals surface area (Å²) in [7, 11) is 1.50. The second-order valence-electron chi connectivity index (χ2n) is 7.96. The summed E-state index contributed by atoms with van der Waals surface area (Å²) in [6.07, 6.45) is 0.119. The highest BCUT2D eigenvalue weighted by atomic mass is 16.6. The standard InChI is InChI=1S/C20H27NO6/c1-19(2,3)27-18(24)21-15(12-26-20(21,4)5)16(23)10-14-9-13(11-22)7-8-17(14)25-6/h7-9,11,15H,10,12H2,1-6H3. The number of aldehydes is 1. The first kappa shape index (κ1) is 20.9. The zero-order chi connectivity index (χ0) is 20.4. The van der Waals surface area contributed by atoms with Crippen LogP contribution in [-0.2, 0) is 20.7 Å². The molecule has 0 radical (unpaired) electrons. The third-order valence-electron chi connectivity index (χ3n) is 4.25. The average molecular weight is 377 g/mol. The van der Waals surface area contributed by atoms with Crippen LogP contribution in [0.1, 0.15) is 50.5 Å². The van der Waals surface area contributed by atoms with Gasteiger partial charge in [0.05, 0.1) is 13.7 Å². The SMILES string of the molecule is COc1ccc(C=O)cc1CC(=O)C1COC(C)(C)N1C(=O)OC(C)(C)C. The van der Waals surface area contributed by atoms with Crippen molar-refractivity contribution in [3.8, 4) is 5.75 Å². The number of amides is 1. The van der Waals surface area contributed by atoms with E-state index >= 15 is 0 Å². The number of nitrogens with zero attached hydrogens (tertiary/aromatic N) is 1. The molecule has 1 aromatic rings. The molecule has 1 aliphatic rings. The Bertz CT molecular complexity index is 734. The normalized spacial score (nSPS) is 18.9. The van der Waals surface area contributed by atoms with Crippen LogP contribution in [0.3, 0.4) is 0 Å². The van der Waals surface area contributed by atoms with Crippen LogP contribution in [0, 0.1) is 0 Å². The van der Waals surface area contributed by atoms with E-state index in [2.05, 4.69) is 0 Å². The molecule has 1 amide bonds. The van der Waals surface area contributed by atoms with Gasteiger partial charge in [0.1, 0.15) is 29.4 Å². The van der Waals surface area contributed by atoms with E-state index in [0.29, 0.717) is 23.2 Å². The monoisotopic (exact) mass is 377 g/mol. The molecule has 2 rings (SSSR count). The van der Waals surface area contributed by atoms with Gasteiger partial charge in [-0.25, -0.2) is 4.79 Å². The highest BCUT2D eigenvalue weighted by Gasteiger charge is 2.48. The number of benzene rings is 1. The van der Waals surface area contributed by atoms with E-state index in [0.717, 1.165) is 0 Å². The Hall–Kier alpha value is -2.41. The van der Waals surface area contributed by atoms with E-state index in [1.54, 1.807) is 52.8 Å². The molecule has 1 heterocycles. The number of ketones is 1. The molecule has 1 saturated heterocycles. The van der Waals surface area contributed by atoms with Gasteiger partial charge in [0.2, 0.25) is 0 Å². The quantitative estimate of drug-likeness (QED) is 0.734. The van der Waals surface area contributed by atoms with Crippen molar-refractivity contribution in [1.82, 2.24) is 4.90 Å². The fraction of sp³-hybridized carbons (Fsp3) is 0.550. The summed E-state index contributed by atoms with van der Waals surface area (Å²) in [4.78, 5) is 38.0. The van der Waals surface area contributed by atoms with Crippen LogP contribution in [0.15, 0.2) is 18.2 Å². The van der Waals surface area contributed by atoms with Crippen molar-refractivity contribution in [2.24, 2.45) is 0 Å². The van der Waals surface area contributed by atoms with Gasteiger partial charge in [-0.05, 0) is 52.8 Å². The van der Waals surface area contributed by atoms with Gasteiger partial charge in [0, 0.05) is 17.5 Å². The maximum Gasteiger partial charge on any atom is 0.413 e. The molecular weight excluding hydrogens is 350 g/mol. The lowest BCUT2D eigenvalue weighted by molar-refractivity contribution is -0.124. The Morgan fingerprint density at radius 3 is 2.56 bits per heavy atom. The highest BCUT2D eigenvalue weighted by Crippen LogP contribution is 2.31. The molecule has 1 aliphatic heterocycles. The molecule has 1 unspecified atom stereocenters. The van der Waals surface area contributed by atoms with Crippen molar-refractivity contribution in [1.29, 1.82) is 0 Å². The summed E-state index contributed by atoms with van der Waals surface area (Å²) in [5.74, 6) is 0.295. The fourth-order valence-electron chi connectivity index (χ4n) is 3.01. The number of ether oxygens (including phenoxy) is 3. The topological polar surface area (TPSA) is 82.1 Å². The molecular formula is C20H27NO6. The first-order valence-electron chi connectivity index (χ1n) is 8.79. The van der Waals surface area contributed by atoms with Crippen LogP contribution in [-0.4, -0.2) is 54.1 Å². The number of hydrogen-bond donors (Lipinski definition) is 0. The van der Waals surface area contributed by atoms with Crippen LogP contribution in [0.4, 0.5) is 4.79 Å².